The van der Waals surface area contributed by atoms with Gasteiger partial charge in [0.2, 0.25) is 0 Å². The molecule has 20 heavy (non-hydrogen) atoms. The smallest absolute Gasteiger partial charge is 0.119 e. The number of anilines is 1. The van der Waals surface area contributed by atoms with E-state index in [-0.39, 0.29) is 0 Å². The van der Waals surface area contributed by atoms with Gasteiger partial charge in [-0.3, -0.25) is 4.90 Å². The van der Waals surface area contributed by atoms with Crippen molar-refractivity contribution >= 4 is 5.69 Å². The van der Waals surface area contributed by atoms with Crippen molar-refractivity contribution in [2.24, 2.45) is 0 Å². The highest BCUT2D eigenvalue weighted by Gasteiger charge is 2.18. The third kappa shape index (κ3) is 2.94. The minimum atomic E-state index is 0.715. The maximum absolute atomic E-state index is 5.82. The molecule has 0 unspecified atom stereocenters. The monoisotopic (exact) mass is 268 g/mol. The maximum atomic E-state index is 5.82. The van der Waals surface area contributed by atoms with Crippen LogP contribution < -0.4 is 10.5 Å². The molecule has 2 aromatic rings. The molecule has 0 aliphatic carbocycles. The molecule has 104 valence electrons. The molecule has 1 heterocycles. The number of nitrogen functional groups attached to an aromatic ring is 1. The summed E-state index contributed by atoms with van der Waals surface area (Å²) in [5.41, 5.74) is 10.6. The minimum absolute atomic E-state index is 0.715. The van der Waals surface area contributed by atoms with E-state index in [1.165, 1.54) is 16.7 Å². The zero-order valence-electron chi connectivity index (χ0n) is 11.8. The van der Waals surface area contributed by atoms with Gasteiger partial charge in [0.05, 0.1) is 0 Å². The number of hydrogen-bond acceptors (Lipinski definition) is 3. The number of fused-ring (bicyclic) bond motifs is 1. The van der Waals surface area contributed by atoms with E-state index in [1.54, 1.807) is 0 Å². The molecule has 2 aromatic carbocycles. The van der Waals surface area contributed by atoms with Crippen molar-refractivity contribution in [3.05, 3.63) is 59.2 Å². The van der Waals surface area contributed by atoms with Gasteiger partial charge in [0.25, 0.3) is 0 Å². The van der Waals surface area contributed by atoms with E-state index in [0.717, 1.165) is 31.1 Å². The van der Waals surface area contributed by atoms with Crippen LogP contribution in [0.3, 0.4) is 0 Å². The van der Waals surface area contributed by atoms with Gasteiger partial charge in [-0.1, -0.05) is 18.2 Å². The Bertz CT molecular complexity index is 610. The largest absolute Gasteiger partial charge is 0.492 e. The van der Waals surface area contributed by atoms with Crippen LogP contribution in [0.1, 0.15) is 16.7 Å². The quantitative estimate of drug-likeness (QED) is 0.866. The first-order chi connectivity index (χ1) is 9.70. The van der Waals surface area contributed by atoms with Gasteiger partial charge in [0.15, 0.2) is 0 Å². The van der Waals surface area contributed by atoms with Crippen LogP contribution in [0, 0.1) is 6.92 Å². The van der Waals surface area contributed by atoms with Crippen molar-refractivity contribution in [3.63, 3.8) is 0 Å². The third-order valence-electron chi connectivity index (χ3n) is 3.68. The summed E-state index contributed by atoms with van der Waals surface area (Å²) in [7, 11) is 0. The highest BCUT2D eigenvalue weighted by molar-refractivity contribution is 5.46. The first-order valence-electron chi connectivity index (χ1n) is 7.00. The predicted octanol–water partition coefficient (Wildman–Crippen LogP) is 2.97. The van der Waals surface area contributed by atoms with E-state index >= 15 is 0 Å². The molecule has 0 aromatic heterocycles. The Morgan fingerprint density at radius 1 is 1.10 bits per heavy atom. The van der Waals surface area contributed by atoms with Crippen molar-refractivity contribution in [2.75, 3.05) is 18.9 Å². The zero-order valence-corrected chi connectivity index (χ0v) is 11.8. The molecule has 1 aliphatic rings. The Labute approximate surface area is 120 Å². The maximum Gasteiger partial charge on any atom is 0.119 e. The van der Waals surface area contributed by atoms with Crippen LogP contribution in [0.2, 0.25) is 0 Å². The fourth-order valence-corrected chi connectivity index (χ4v) is 2.64. The summed E-state index contributed by atoms with van der Waals surface area (Å²) in [5.74, 6) is 0.950. The lowest BCUT2D eigenvalue weighted by molar-refractivity contribution is 0.211. The lowest BCUT2D eigenvalue weighted by Crippen LogP contribution is -2.22. The standard InChI is InChI=1S/C17H20N2O/c1-13-3-2-4-17(9-13)20-8-7-19-11-14-5-6-16(18)10-15(14)12-19/h2-6,9-10H,7-8,11-12,18H2,1H3. The number of hydrogen-bond donors (Lipinski definition) is 1. The number of aryl methyl sites for hydroxylation is 1. The summed E-state index contributed by atoms with van der Waals surface area (Å²) < 4.78 is 5.80. The van der Waals surface area contributed by atoms with Gasteiger partial charge in [-0.05, 0) is 47.9 Å². The van der Waals surface area contributed by atoms with Gasteiger partial charge < -0.3 is 10.5 Å². The number of ether oxygens (including phenoxy) is 1. The number of nitrogens with two attached hydrogens (primary N) is 1. The van der Waals surface area contributed by atoms with E-state index in [4.69, 9.17) is 10.5 Å². The summed E-state index contributed by atoms with van der Waals surface area (Å²) in [5, 5.41) is 0. The molecule has 0 radical (unpaired) electrons. The Morgan fingerprint density at radius 3 is 2.80 bits per heavy atom. The molecule has 3 nitrogen and oxygen atoms in total. The Morgan fingerprint density at radius 2 is 1.95 bits per heavy atom. The molecule has 2 N–H and O–H groups in total. The van der Waals surface area contributed by atoms with Crippen molar-refractivity contribution in [1.82, 2.24) is 4.90 Å². The minimum Gasteiger partial charge on any atom is -0.492 e. The lowest BCUT2D eigenvalue weighted by atomic mass is 10.1. The van der Waals surface area contributed by atoms with Crippen molar-refractivity contribution in [1.29, 1.82) is 0 Å². The van der Waals surface area contributed by atoms with Crippen molar-refractivity contribution in [2.45, 2.75) is 20.0 Å². The Balaban J connectivity index is 1.51. The first-order valence-corrected chi connectivity index (χ1v) is 7.00. The molecule has 0 spiro atoms. The molecule has 0 bridgehead atoms. The van der Waals surface area contributed by atoms with Crippen LogP contribution in [0.25, 0.3) is 0 Å². The molecule has 3 rings (SSSR count). The summed E-state index contributed by atoms with van der Waals surface area (Å²) in [4.78, 5) is 2.39. The number of benzene rings is 2. The van der Waals surface area contributed by atoms with E-state index in [1.807, 2.05) is 18.2 Å². The predicted molar refractivity (Wildman–Crippen MR) is 81.6 cm³/mol. The van der Waals surface area contributed by atoms with E-state index in [2.05, 4.69) is 36.1 Å². The Hall–Kier alpha value is -2.00. The SMILES string of the molecule is Cc1cccc(OCCN2Cc3ccc(N)cc3C2)c1. The Kier molecular flexibility index (Phi) is 3.61. The average molecular weight is 268 g/mol. The van der Waals surface area contributed by atoms with E-state index in [9.17, 15) is 0 Å². The molecule has 0 saturated heterocycles. The molecule has 1 aliphatic heterocycles. The number of nitrogens with zero attached hydrogens (tertiary/aromatic N) is 1. The molecular formula is C17H20N2O. The van der Waals surface area contributed by atoms with Crippen LogP contribution in [-0.4, -0.2) is 18.1 Å². The second kappa shape index (κ2) is 5.55. The van der Waals surface area contributed by atoms with Crippen molar-refractivity contribution < 1.29 is 4.74 Å². The second-order valence-electron chi connectivity index (χ2n) is 5.40. The normalized spacial score (nSPS) is 14.2. The van der Waals surface area contributed by atoms with Crippen LogP contribution >= 0.6 is 0 Å². The van der Waals surface area contributed by atoms with Gasteiger partial charge >= 0.3 is 0 Å². The zero-order chi connectivity index (χ0) is 13.9. The van der Waals surface area contributed by atoms with Gasteiger partial charge in [-0.25, -0.2) is 0 Å². The van der Waals surface area contributed by atoms with Crippen LogP contribution in [-0.2, 0) is 13.1 Å². The molecule has 0 amide bonds. The highest BCUT2D eigenvalue weighted by Crippen LogP contribution is 2.24. The molecule has 0 fully saturated rings. The lowest BCUT2D eigenvalue weighted by Gasteiger charge is -2.15. The second-order valence-corrected chi connectivity index (χ2v) is 5.40. The van der Waals surface area contributed by atoms with E-state index in [0.29, 0.717) is 6.61 Å². The number of rotatable bonds is 4. The average Bonchev–Trinajstić information content (AvgIpc) is 2.80. The summed E-state index contributed by atoms with van der Waals surface area (Å²) in [6.45, 7) is 5.69. The third-order valence-corrected chi connectivity index (χ3v) is 3.68. The fraction of sp³-hybridized carbons (Fsp3) is 0.294. The molecule has 0 atom stereocenters. The topological polar surface area (TPSA) is 38.5 Å². The molecular weight excluding hydrogens is 248 g/mol. The van der Waals surface area contributed by atoms with Gasteiger partial charge in [0.1, 0.15) is 12.4 Å². The van der Waals surface area contributed by atoms with Crippen LogP contribution in [0.5, 0.6) is 5.75 Å². The van der Waals surface area contributed by atoms with Gasteiger partial charge in [0, 0.05) is 25.3 Å². The highest BCUT2D eigenvalue weighted by atomic mass is 16.5. The van der Waals surface area contributed by atoms with E-state index < -0.39 is 0 Å². The van der Waals surface area contributed by atoms with Gasteiger partial charge in [-0.15, -0.1) is 0 Å². The summed E-state index contributed by atoms with van der Waals surface area (Å²) in [6.07, 6.45) is 0. The van der Waals surface area contributed by atoms with Crippen LogP contribution in [0.4, 0.5) is 5.69 Å². The molecule has 3 heteroatoms. The van der Waals surface area contributed by atoms with Crippen molar-refractivity contribution in [3.8, 4) is 5.75 Å². The fourth-order valence-electron chi connectivity index (χ4n) is 2.64. The van der Waals surface area contributed by atoms with Crippen LogP contribution in [0.15, 0.2) is 42.5 Å². The summed E-state index contributed by atoms with van der Waals surface area (Å²) in [6, 6.07) is 14.4. The summed E-state index contributed by atoms with van der Waals surface area (Å²) >= 11 is 0. The first kappa shape index (κ1) is 13.0. The van der Waals surface area contributed by atoms with Gasteiger partial charge in [-0.2, -0.15) is 0 Å². The molecule has 0 saturated carbocycles.